The van der Waals surface area contributed by atoms with Gasteiger partial charge in [0.15, 0.2) is 0 Å². The van der Waals surface area contributed by atoms with Gasteiger partial charge in [-0.3, -0.25) is 4.79 Å². The molecule has 0 bridgehead atoms. The average Bonchev–Trinajstić information content (AvgIpc) is 3.24. The standard InChI is InChI=1S/C24H34N4O3/c1-27(2)18-24(30)12-10-23(11-13-24)14-16-28(17-15-23)21(29)9-8-20-25-22(26-31-20)19-6-4-3-5-7-19/h3-7,30H,8-18H2,1-2H3. The van der Waals surface area contributed by atoms with E-state index < -0.39 is 5.60 Å². The van der Waals surface area contributed by atoms with Crippen LogP contribution < -0.4 is 0 Å². The second-order valence-corrected chi connectivity index (χ2v) is 9.72. The molecule has 1 N–H and O–H groups in total. The maximum Gasteiger partial charge on any atom is 0.227 e. The number of aryl methyl sites for hydroxylation is 1. The monoisotopic (exact) mass is 426 g/mol. The van der Waals surface area contributed by atoms with E-state index in [9.17, 15) is 9.90 Å². The Morgan fingerprint density at radius 3 is 2.42 bits per heavy atom. The fourth-order valence-corrected chi connectivity index (χ4v) is 5.16. The third-order valence-electron chi connectivity index (χ3n) is 7.08. The van der Waals surface area contributed by atoms with Crippen LogP contribution in [0.15, 0.2) is 34.9 Å². The lowest BCUT2D eigenvalue weighted by Crippen LogP contribution is -2.49. The molecule has 2 aliphatic rings. The van der Waals surface area contributed by atoms with Crippen molar-refractivity contribution in [1.82, 2.24) is 19.9 Å². The molecule has 1 spiro atoms. The molecule has 168 valence electrons. The van der Waals surface area contributed by atoms with Gasteiger partial charge in [0, 0.05) is 38.0 Å². The van der Waals surface area contributed by atoms with Crippen LogP contribution in [0.2, 0.25) is 0 Å². The highest BCUT2D eigenvalue weighted by Crippen LogP contribution is 2.47. The summed E-state index contributed by atoms with van der Waals surface area (Å²) < 4.78 is 5.33. The van der Waals surface area contributed by atoms with E-state index in [-0.39, 0.29) is 5.91 Å². The number of aliphatic hydroxyl groups is 1. The largest absolute Gasteiger partial charge is 0.389 e. The summed E-state index contributed by atoms with van der Waals surface area (Å²) in [6.45, 7) is 2.35. The van der Waals surface area contributed by atoms with Crippen molar-refractivity contribution in [3.8, 4) is 11.4 Å². The van der Waals surface area contributed by atoms with Gasteiger partial charge in [-0.15, -0.1) is 0 Å². The molecular weight excluding hydrogens is 392 g/mol. The number of hydrogen-bond acceptors (Lipinski definition) is 6. The number of benzene rings is 1. The van der Waals surface area contributed by atoms with Crippen LogP contribution in [0.1, 0.15) is 50.8 Å². The summed E-state index contributed by atoms with van der Waals surface area (Å²) in [6, 6.07) is 9.70. The Labute approximate surface area is 184 Å². The third-order valence-corrected chi connectivity index (χ3v) is 7.08. The molecule has 1 aromatic carbocycles. The summed E-state index contributed by atoms with van der Waals surface area (Å²) in [6.07, 6.45) is 6.78. The van der Waals surface area contributed by atoms with E-state index in [0.717, 1.165) is 63.7 Å². The number of carbonyl (C=O) groups is 1. The molecule has 1 amide bonds. The van der Waals surface area contributed by atoms with E-state index in [2.05, 4.69) is 15.0 Å². The number of likely N-dealkylation sites (N-methyl/N-ethyl adjacent to an activating group) is 1. The van der Waals surface area contributed by atoms with Gasteiger partial charge in [0.1, 0.15) is 0 Å². The number of hydrogen-bond donors (Lipinski definition) is 1. The van der Waals surface area contributed by atoms with Gasteiger partial charge in [-0.25, -0.2) is 0 Å². The van der Waals surface area contributed by atoms with Gasteiger partial charge in [0.25, 0.3) is 0 Å². The van der Waals surface area contributed by atoms with Crippen molar-refractivity contribution < 1.29 is 14.4 Å². The lowest BCUT2D eigenvalue weighted by atomic mass is 9.64. The Morgan fingerprint density at radius 2 is 1.77 bits per heavy atom. The molecule has 0 radical (unpaired) electrons. The first-order chi connectivity index (χ1) is 14.9. The van der Waals surface area contributed by atoms with Crippen LogP contribution in [0.25, 0.3) is 11.4 Å². The normalized spacial score (nSPS) is 20.3. The van der Waals surface area contributed by atoms with E-state index in [4.69, 9.17) is 4.52 Å². The SMILES string of the molecule is CN(C)CC1(O)CCC2(CCN(C(=O)CCc3nc(-c4ccccc4)no3)CC2)CC1. The molecule has 1 aliphatic heterocycles. The molecule has 0 unspecified atom stereocenters. The highest BCUT2D eigenvalue weighted by atomic mass is 16.5. The molecule has 1 aliphatic carbocycles. The van der Waals surface area contributed by atoms with Crippen LogP contribution >= 0.6 is 0 Å². The van der Waals surface area contributed by atoms with Gasteiger partial charge in [-0.1, -0.05) is 35.5 Å². The van der Waals surface area contributed by atoms with E-state index >= 15 is 0 Å². The third kappa shape index (κ3) is 5.33. The maximum absolute atomic E-state index is 12.7. The lowest BCUT2D eigenvalue weighted by molar-refractivity contribution is -0.135. The molecular formula is C24H34N4O3. The molecule has 7 nitrogen and oxygen atoms in total. The van der Waals surface area contributed by atoms with Gasteiger partial charge >= 0.3 is 0 Å². The van der Waals surface area contributed by atoms with Crippen LogP contribution in [0.4, 0.5) is 0 Å². The second-order valence-electron chi connectivity index (χ2n) is 9.72. The average molecular weight is 427 g/mol. The highest BCUT2D eigenvalue weighted by molar-refractivity contribution is 5.76. The molecule has 2 fully saturated rings. The fourth-order valence-electron chi connectivity index (χ4n) is 5.16. The number of rotatable bonds is 6. The van der Waals surface area contributed by atoms with Crippen molar-refractivity contribution >= 4 is 5.91 Å². The molecule has 7 heteroatoms. The first kappa shape index (κ1) is 22.0. The van der Waals surface area contributed by atoms with Crippen molar-refractivity contribution in [2.75, 3.05) is 33.7 Å². The smallest absolute Gasteiger partial charge is 0.227 e. The first-order valence-corrected chi connectivity index (χ1v) is 11.4. The first-order valence-electron chi connectivity index (χ1n) is 11.4. The molecule has 1 saturated carbocycles. The quantitative estimate of drug-likeness (QED) is 0.764. The topological polar surface area (TPSA) is 82.7 Å². The van der Waals surface area contributed by atoms with Crippen molar-refractivity contribution in [2.24, 2.45) is 5.41 Å². The Morgan fingerprint density at radius 1 is 1.10 bits per heavy atom. The van der Waals surface area contributed by atoms with E-state index in [1.807, 2.05) is 49.3 Å². The fraction of sp³-hybridized carbons (Fsp3) is 0.625. The van der Waals surface area contributed by atoms with E-state index in [1.165, 1.54) is 0 Å². The van der Waals surface area contributed by atoms with Crippen molar-refractivity contribution in [3.05, 3.63) is 36.2 Å². The molecule has 2 aromatic rings. The minimum Gasteiger partial charge on any atom is -0.389 e. The van der Waals surface area contributed by atoms with Crippen LogP contribution in [-0.4, -0.2) is 70.3 Å². The van der Waals surface area contributed by atoms with Gasteiger partial charge < -0.3 is 19.4 Å². The minimum atomic E-state index is -0.551. The Kier molecular flexibility index (Phi) is 6.44. The maximum atomic E-state index is 12.7. The molecule has 31 heavy (non-hydrogen) atoms. The number of likely N-dealkylation sites (tertiary alicyclic amines) is 1. The van der Waals surface area contributed by atoms with Crippen molar-refractivity contribution in [3.63, 3.8) is 0 Å². The zero-order chi connectivity index (χ0) is 21.9. The van der Waals surface area contributed by atoms with E-state index in [1.54, 1.807) is 0 Å². The summed E-state index contributed by atoms with van der Waals surface area (Å²) in [5.41, 5.74) is 0.659. The van der Waals surface area contributed by atoms with E-state index in [0.29, 0.717) is 30.0 Å². The van der Waals surface area contributed by atoms with Gasteiger partial charge in [0.2, 0.25) is 17.6 Å². The number of carbonyl (C=O) groups excluding carboxylic acids is 1. The number of nitrogens with zero attached hydrogens (tertiary/aromatic N) is 4. The van der Waals surface area contributed by atoms with Crippen LogP contribution in [0.3, 0.4) is 0 Å². The van der Waals surface area contributed by atoms with Crippen LogP contribution in [0.5, 0.6) is 0 Å². The molecule has 1 aromatic heterocycles. The lowest BCUT2D eigenvalue weighted by Gasteiger charge is -2.48. The predicted octanol–water partition coefficient (Wildman–Crippen LogP) is 3.14. The predicted molar refractivity (Wildman–Crippen MR) is 118 cm³/mol. The Bertz CT molecular complexity index is 862. The van der Waals surface area contributed by atoms with Gasteiger partial charge in [-0.2, -0.15) is 4.98 Å². The van der Waals surface area contributed by atoms with Crippen LogP contribution in [-0.2, 0) is 11.2 Å². The van der Waals surface area contributed by atoms with Crippen molar-refractivity contribution in [1.29, 1.82) is 0 Å². The summed E-state index contributed by atoms with van der Waals surface area (Å²) >= 11 is 0. The molecule has 1 saturated heterocycles. The molecule has 4 rings (SSSR count). The summed E-state index contributed by atoms with van der Waals surface area (Å²) in [4.78, 5) is 21.2. The van der Waals surface area contributed by atoms with Crippen molar-refractivity contribution in [2.45, 2.75) is 57.0 Å². The Hall–Kier alpha value is -2.25. The Balaban J connectivity index is 1.24. The van der Waals surface area contributed by atoms with Gasteiger partial charge in [-0.05, 0) is 58.0 Å². The highest BCUT2D eigenvalue weighted by Gasteiger charge is 2.43. The second kappa shape index (κ2) is 9.09. The van der Waals surface area contributed by atoms with Gasteiger partial charge in [0.05, 0.1) is 5.60 Å². The number of amides is 1. The molecule has 2 heterocycles. The summed E-state index contributed by atoms with van der Waals surface area (Å²) in [5.74, 6) is 1.23. The summed E-state index contributed by atoms with van der Waals surface area (Å²) in [7, 11) is 4.03. The minimum absolute atomic E-state index is 0.161. The number of piperidine rings is 1. The summed E-state index contributed by atoms with van der Waals surface area (Å²) in [5, 5.41) is 14.9. The number of aromatic nitrogens is 2. The zero-order valence-electron chi connectivity index (χ0n) is 18.7. The van der Waals surface area contributed by atoms with Crippen LogP contribution in [0, 0.1) is 5.41 Å². The molecule has 0 atom stereocenters. The zero-order valence-corrected chi connectivity index (χ0v) is 18.7.